The molecule has 2 N–H and O–H groups in total. The number of hydrogen-bond donors (Lipinski definition) is 2. The minimum absolute atomic E-state index is 0.0405. The number of carbonyl (C=O) groups excluding carboxylic acids is 1. The lowest BCUT2D eigenvalue weighted by atomic mass is 9.78. The van der Waals surface area contributed by atoms with E-state index in [9.17, 15) is 9.90 Å². The monoisotopic (exact) mass is 317 g/mol. The van der Waals surface area contributed by atoms with Gasteiger partial charge in [-0.1, -0.05) is 24.3 Å². The number of rotatable bonds is 6. The summed E-state index contributed by atoms with van der Waals surface area (Å²) in [5.74, 6) is 0.161. The normalized spacial score (nSPS) is 28.0. The van der Waals surface area contributed by atoms with Crippen molar-refractivity contribution in [3.8, 4) is 0 Å². The van der Waals surface area contributed by atoms with Crippen molar-refractivity contribution in [3.63, 3.8) is 0 Å². The van der Waals surface area contributed by atoms with Gasteiger partial charge in [0.05, 0.1) is 12.1 Å². The number of amides is 1. The summed E-state index contributed by atoms with van der Waals surface area (Å²) in [5.41, 5.74) is 2.33. The molecule has 4 heteroatoms. The first-order valence-corrected chi connectivity index (χ1v) is 8.55. The second kappa shape index (κ2) is 6.25. The third kappa shape index (κ3) is 3.02. The Balaban J connectivity index is 1.74. The quantitative estimate of drug-likeness (QED) is 0.845. The first-order valence-electron chi connectivity index (χ1n) is 8.55. The molecule has 0 saturated heterocycles. The highest BCUT2D eigenvalue weighted by molar-refractivity contribution is 5.85. The molecule has 23 heavy (non-hydrogen) atoms. The van der Waals surface area contributed by atoms with Crippen LogP contribution in [0.1, 0.15) is 43.7 Å². The van der Waals surface area contributed by atoms with Gasteiger partial charge in [-0.05, 0) is 50.2 Å². The lowest BCUT2D eigenvalue weighted by Crippen LogP contribution is -2.51. The molecule has 1 aromatic carbocycles. The summed E-state index contributed by atoms with van der Waals surface area (Å²) in [5, 5.41) is 12.4. The van der Waals surface area contributed by atoms with Gasteiger partial charge in [0.15, 0.2) is 0 Å². The standard InChI is InChI=1S/C19H27NO3/c1-18(10-11-21,13-23-2)20-17(22)16-12-19(16)9-5-7-14-6-3-4-8-15(14)19/h3-4,6,8,16,21H,5,7,9-13H2,1-2H3,(H,20,22). The first-order chi connectivity index (χ1) is 11.0. The second-order valence-corrected chi connectivity index (χ2v) is 7.38. The van der Waals surface area contributed by atoms with Gasteiger partial charge in [0.1, 0.15) is 0 Å². The van der Waals surface area contributed by atoms with Crippen LogP contribution < -0.4 is 5.32 Å². The summed E-state index contributed by atoms with van der Waals surface area (Å²) in [6, 6.07) is 8.57. The lowest BCUT2D eigenvalue weighted by molar-refractivity contribution is -0.125. The van der Waals surface area contributed by atoms with E-state index in [1.807, 2.05) is 6.92 Å². The van der Waals surface area contributed by atoms with E-state index in [1.165, 1.54) is 11.1 Å². The number of hydrogen-bond acceptors (Lipinski definition) is 3. The molecule has 2 aliphatic carbocycles. The Morgan fingerprint density at radius 2 is 2.26 bits per heavy atom. The Morgan fingerprint density at radius 3 is 3.00 bits per heavy atom. The summed E-state index contributed by atoms with van der Waals surface area (Å²) in [4.78, 5) is 12.8. The summed E-state index contributed by atoms with van der Waals surface area (Å²) in [6.45, 7) is 2.39. The fourth-order valence-electron chi connectivity index (χ4n) is 4.30. The van der Waals surface area contributed by atoms with Gasteiger partial charge < -0.3 is 15.2 Å². The second-order valence-electron chi connectivity index (χ2n) is 7.38. The predicted octanol–water partition coefficient (Wildman–Crippen LogP) is 2.18. The van der Waals surface area contributed by atoms with Crippen LogP contribution >= 0.6 is 0 Å². The van der Waals surface area contributed by atoms with Gasteiger partial charge in [0, 0.05) is 25.0 Å². The van der Waals surface area contributed by atoms with E-state index in [0.29, 0.717) is 13.0 Å². The van der Waals surface area contributed by atoms with Gasteiger partial charge in [0.25, 0.3) is 0 Å². The average molecular weight is 317 g/mol. The van der Waals surface area contributed by atoms with Gasteiger partial charge >= 0.3 is 0 Å². The van der Waals surface area contributed by atoms with E-state index in [-0.39, 0.29) is 23.8 Å². The van der Waals surface area contributed by atoms with Crippen molar-refractivity contribution in [1.82, 2.24) is 5.32 Å². The van der Waals surface area contributed by atoms with Crippen LogP contribution in [0.5, 0.6) is 0 Å². The molecule has 4 nitrogen and oxygen atoms in total. The Labute approximate surface area is 138 Å². The SMILES string of the molecule is COCC(C)(CCO)NC(=O)C1CC12CCCc1ccccc12. The minimum Gasteiger partial charge on any atom is -0.396 e. The minimum atomic E-state index is -0.501. The van der Waals surface area contributed by atoms with Gasteiger partial charge in [-0.15, -0.1) is 0 Å². The summed E-state index contributed by atoms with van der Waals surface area (Å²) in [6.07, 6.45) is 4.83. The molecule has 0 aromatic heterocycles. The molecule has 3 unspecified atom stereocenters. The third-order valence-electron chi connectivity index (χ3n) is 5.57. The molecule has 3 atom stereocenters. The number of fused-ring (bicyclic) bond motifs is 2. The lowest BCUT2D eigenvalue weighted by Gasteiger charge is -2.31. The fourth-order valence-corrected chi connectivity index (χ4v) is 4.30. The van der Waals surface area contributed by atoms with Crippen molar-refractivity contribution in [3.05, 3.63) is 35.4 Å². The maximum atomic E-state index is 12.8. The van der Waals surface area contributed by atoms with Crippen molar-refractivity contribution in [1.29, 1.82) is 0 Å². The van der Waals surface area contributed by atoms with Crippen molar-refractivity contribution in [2.24, 2.45) is 5.92 Å². The molecule has 1 spiro atoms. The van der Waals surface area contributed by atoms with Crippen LogP contribution in [-0.2, 0) is 21.4 Å². The molecular weight excluding hydrogens is 290 g/mol. The predicted molar refractivity (Wildman–Crippen MR) is 89.3 cm³/mol. The fraction of sp³-hybridized carbons (Fsp3) is 0.632. The molecule has 1 fully saturated rings. The number of aliphatic hydroxyl groups is 1. The van der Waals surface area contributed by atoms with Crippen molar-refractivity contribution < 1.29 is 14.6 Å². The molecular formula is C19H27NO3. The highest BCUT2D eigenvalue weighted by Gasteiger charge is 2.60. The van der Waals surface area contributed by atoms with Crippen molar-refractivity contribution in [2.75, 3.05) is 20.3 Å². The molecule has 1 amide bonds. The number of aryl methyl sites for hydroxylation is 1. The maximum absolute atomic E-state index is 12.8. The Kier molecular flexibility index (Phi) is 4.47. The summed E-state index contributed by atoms with van der Waals surface area (Å²) >= 11 is 0. The molecule has 1 aromatic rings. The van der Waals surface area contributed by atoms with Gasteiger partial charge in [-0.2, -0.15) is 0 Å². The Bertz CT molecular complexity index is 580. The summed E-state index contributed by atoms with van der Waals surface area (Å²) in [7, 11) is 1.62. The number of methoxy groups -OCH3 is 1. The Hall–Kier alpha value is -1.39. The van der Waals surface area contributed by atoms with Crippen LogP contribution in [0.4, 0.5) is 0 Å². The van der Waals surface area contributed by atoms with Crippen LogP contribution in [0.25, 0.3) is 0 Å². The molecule has 1 saturated carbocycles. The number of carbonyl (C=O) groups is 1. The zero-order valence-electron chi connectivity index (χ0n) is 14.1. The van der Waals surface area contributed by atoms with Crippen LogP contribution in [0.15, 0.2) is 24.3 Å². The molecule has 0 heterocycles. The average Bonchev–Trinajstić information content (AvgIpc) is 3.23. The smallest absolute Gasteiger partial charge is 0.224 e. The van der Waals surface area contributed by atoms with Gasteiger partial charge in [-0.25, -0.2) is 0 Å². The topological polar surface area (TPSA) is 58.6 Å². The molecule has 3 rings (SSSR count). The largest absolute Gasteiger partial charge is 0.396 e. The molecule has 126 valence electrons. The van der Waals surface area contributed by atoms with E-state index in [0.717, 1.165) is 25.7 Å². The van der Waals surface area contributed by atoms with E-state index in [2.05, 4.69) is 29.6 Å². The van der Waals surface area contributed by atoms with E-state index < -0.39 is 5.54 Å². The summed E-state index contributed by atoms with van der Waals surface area (Å²) < 4.78 is 5.23. The van der Waals surface area contributed by atoms with Crippen molar-refractivity contribution >= 4 is 5.91 Å². The molecule has 2 aliphatic rings. The zero-order chi connectivity index (χ0) is 16.5. The van der Waals surface area contributed by atoms with Gasteiger partial charge in [0.2, 0.25) is 5.91 Å². The van der Waals surface area contributed by atoms with Crippen molar-refractivity contribution in [2.45, 2.75) is 50.0 Å². The molecule has 0 bridgehead atoms. The molecule has 0 radical (unpaired) electrons. The van der Waals surface area contributed by atoms with Crippen LogP contribution in [0.2, 0.25) is 0 Å². The Morgan fingerprint density at radius 1 is 1.48 bits per heavy atom. The van der Waals surface area contributed by atoms with E-state index in [1.54, 1.807) is 7.11 Å². The molecule has 0 aliphatic heterocycles. The third-order valence-corrected chi connectivity index (χ3v) is 5.57. The van der Waals surface area contributed by atoms with Gasteiger partial charge in [-0.3, -0.25) is 4.79 Å². The van der Waals surface area contributed by atoms with Crippen LogP contribution in [0, 0.1) is 5.92 Å². The van der Waals surface area contributed by atoms with E-state index in [4.69, 9.17) is 4.74 Å². The van der Waals surface area contributed by atoms with Crippen LogP contribution in [0.3, 0.4) is 0 Å². The zero-order valence-corrected chi connectivity index (χ0v) is 14.1. The first kappa shape index (κ1) is 16.5. The number of nitrogens with one attached hydrogen (secondary N) is 1. The van der Waals surface area contributed by atoms with Crippen LogP contribution in [-0.4, -0.2) is 36.9 Å². The number of aliphatic hydroxyl groups excluding tert-OH is 1. The maximum Gasteiger partial charge on any atom is 0.224 e. The number of ether oxygens (including phenoxy) is 1. The van der Waals surface area contributed by atoms with E-state index >= 15 is 0 Å². The highest BCUT2D eigenvalue weighted by Crippen LogP contribution is 2.60. The number of benzene rings is 1. The highest BCUT2D eigenvalue weighted by atomic mass is 16.5.